The summed E-state index contributed by atoms with van der Waals surface area (Å²) >= 11 is 3.06. The molecule has 0 saturated heterocycles. The number of hydrogen-bond donors (Lipinski definition) is 1. The van der Waals surface area contributed by atoms with Crippen LogP contribution in [0.3, 0.4) is 0 Å². The second kappa shape index (κ2) is 5.30. The predicted octanol–water partition coefficient (Wildman–Crippen LogP) is 2.99. The normalized spacial score (nSPS) is 12.2. The molecule has 0 radical (unpaired) electrons. The largest absolute Gasteiger partial charge is 0.504 e. The zero-order chi connectivity index (χ0) is 12.3. The zero-order valence-electron chi connectivity index (χ0n) is 8.96. The van der Waals surface area contributed by atoms with Crippen LogP contribution in [0.1, 0.15) is 24.8 Å². The number of ether oxygens (including phenoxy) is 1. The SMILES string of the molecule is COc1cc(F)c(Br)c(C(C)CC=O)c1O. The summed E-state index contributed by atoms with van der Waals surface area (Å²) in [4.78, 5) is 10.4. The van der Waals surface area contributed by atoms with Crippen LogP contribution in [-0.4, -0.2) is 18.5 Å². The lowest BCUT2D eigenvalue weighted by Crippen LogP contribution is -2.00. The van der Waals surface area contributed by atoms with Gasteiger partial charge in [0.05, 0.1) is 11.6 Å². The zero-order valence-corrected chi connectivity index (χ0v) is 10.5. The van der Waals surface area contributed by atoms with Gasteiger partial charge in [-0.2, -0.15) is 0 Å². The van der Waals surface area contributed by atoms with Crippen molar-refractivity contribution in [2.75, 3.05) is 7.11 Å². The molecule has 1 aromatic rings. The molecule has 0 heterocycles. The first kappa shape index (κ1) is 13.0. The van der Waals surface area contributed by atoms with Crippen molar-refractivity contribution >= 4 is 22.2 Å². The average molecular weight is 291 g/mol. The minimum atomic E-state index is -0.526. The minimum Gasteiger partial charge on any atom is -0.504 e. The smallest absolute Gasteiger partial charge is 0.163 e. The van der Waals surface area contributed by atoms with Crippen LogP contribution in [0.15, 0.2) is 10.5 Å². The molecule has 0 spiro atoms. The Morgan fingerprint density at radius 2 is 2.31 bits per heavy atom. The Bertz CT molecular complexity index is 407. The molecule has 0 amide bonds. The highest BCUT2D eigenvalue weighted by molar-refractivity contribution is 9.10. The molecule has 0 aromatic heterocycles. The molecule has 5 heteroatoms. The van der Waals surface area contributed by atoms with Crippen LogP contribution in [0.5, 0.6) is 11.5 Å². The van der Waals surface area contributed by atoms with E-state index in [0.717, 1.165) is 12.4 Å². The van der Waals surface area contributed by atoms with Gasteiger partial charge in [0.15, 0.2) is 11.5 Å². The van der Waals surface area contributed by atoms with E-state index in [4.69, 9.17) is 4.74 Å². The van der Waals surface area contributed by atoms with Gasteiger partial charge in [0.2, 0.25) is 0 Å². The standard InChI is InChI=1S/C11H12BrFO3/c1-6(3-4-14)9-10(12)7(13)5-8(16-2)11(9)15/h4-6,15H,3H2,1-2H3. The summed E-state index contributed by atoms with van der Waals surface area (Å²) in [5.74, 6) is -0.877. The van der Waals surface area contributed by atoms with Crippen LogP contribution < -0.4 is 4.74 Å². The van der Waals surface area contributed by atoms with Gasteiger partial charge in [-0.25, -0.2) is 4.39 Å². The first-order chi connectivity index (χ1) is 7.52. The second-order valence-electron chi connectivity index (χ2n) is 3.44. The van der Waals surface area contributed by atoms with Crippen LogP contribution in [0.4, 0.5) is 4.39 Å². The van der Waals surface area contributed by atoms with Gasteiger partial charge in [-0.15, -0.1) is 0 Å². The Labute approximate surface area is 101 Å². The van der Waals surface area contributed by atoms with Crippen LogP contribution >= 0.6 is 15.9 Å². The number of methoxy groups -OCH3 is 1. The van der Waals surface area contributed by atoms with E-state index in [2.05, 4.69) is 15.9 Å². The highest BCUT2D eigenvalue weighted by Crippen LogP contribution is 2.42. The van der Waals surface area contributed by atoms with Crippen molar-refractivity contribution in [3.63, 3.8) is 0 Å². The maximum absolute atomic E-state index is 13.5. The van der Waals surface area contributed by atoms with E-state index >= 15 is 0 Å². The Morgan fingerprint density at radius 3 is 2.81 bits per heavy atom. The third-order valence-electron chi connectivity index (χ3n) is 2.35. The van der Waals surface area contributed by atoms with E-state index in [-0.39, 0.29) is 28.3 Å². The number of phenols is 1. The van der Waals surface area contributed by atoms with Gasteiger partial charge < -0.3 is 14.6 Å². The fourth-order valence-electron chi connectivity index (χ4n) is 1.48. The lowest BCUT2D eigenvalue weighted by atomic mass is 9.97. The van der Waals surface area contributed by atoms with Crippen LogP contribution in [0.2, 0.25) is 0 Å². The summed E-state index contributed by atoms with van der Waals surface area (Å²) in [6.07, 6.45) is 0.937. The van der Waals surface area contributed by atoms with Gasteiger partial charge in [-0.05, 0) is 21.8 Å². The molecule has 0 saturated carbocycles. The van der Waals surface area contributed by atoms with Gasteiger partial charge in [-0.3, -0.25) is 0 Å². The number of aromatic hydroxyl groups is 1. The number of carbonyl (C=O) groups is 1. The second-order valence-corrected chi connectivity index (χ2v) is 4.23. The van der Waals surface area contributed by atoms with Crippen molar-refractivity contribution < 1.29 is 19.0 Å². The van der Waals surface area contributed by atoms with Gasteiger partial charge in [0.1, 0.15) is 12.1 Å². The summed E-state index contributed by atoms with van der Waals surface area (Å²) < 4.78 is 18.5. The molecule has 1 N–H and O–H groups in total. The van der Waals surface area contributed by atoms with E-state index in [9.17, 15) is 14.3 Å². The summed E-state index contributed by atoms with van der Waals surface area (Å²) in [7, 11) is 1.34. The van der Waals surface area contributed by atoms with Crippen LogP contribution in [0, 0.1) is 5.82 Å². The number of phenolic OH excluding ortho intramolecular Hbond substituents is 1. The Morgan fingerprint density at radius 1 is 1.69 bits per heavy atom. The predicted molar refractivity (Wildman–Crippen MR) is 61.4 cm³/mol. The first-order valence-corrected chi connectivity index (χ1v) is 5.50. The van der Waals surface area contributed by atoms with Crippen molar-refractivity contribution in [2.24, 2.45) is 0 Å². The highest BCUT2D eigenvalue weighted by Gasteiger charge is 2.21. The molecule has 3 nitrogen and oxygen atoms in total. The molecule has 88 valence electrons. The molecule has 1 atom stereocenters. The molecular weight excluding hydrogens is 279 g/mol. The summed E-state index contributed by atoms with van der Waals surface area (Å²) in [6.45, 7) is 1.73. The number of carbonyl (C=O) groups excluding carboxylic acids is 1. The number of rotatable bonds is 4. The maximum Gasteiger partial charge on any atom is 0.163 e. The van der Waals surface area contributed by atoms with E-state index in [0.29, 0.717) is 5.56 Å². The van der Waals surface area contributed by atoms with Crippen molar-refractivity contribution in [2.45, 2.75) is 19.3 Å². The van der Waals surface area contributed by atoms with Crippen LogP contribution in [-0.2, 0) is 4.79 Å². The topological polar surface area (TPSA) is 46.5 Å². The van der Waals surface area contributed by atoms with Crippen molar-refractivity contribution in [3.8, 4) is 11.5 Å². The molecule has 0 aliphatic rings. The fraction of sp³-hybridized carbons (Fsp3) is 0.364. The molecule has 0 fully saturated rings. The van der Waals surface area contributed by atoms with Crippen molar-refractivity contribution in [1.82, 2.24) is 0 Å². The van der Waals surface area contributed by atoms with Gasteiger partial charge in [-0.1, -0.05) is 6.92 Å². The summed E-state index contributed by atoms with van der Waals surface area (Å²) in [5, 5.41) is 9.85. The van der Waals surface area contributed by atoms with E-state index in [1.807, 2.05) is 0 Å². The van der Waals surface area contributed by atoms with Crippen molar-refractivity contribution in [1.29, 1.82) is 0 Å². The molecule has 1 unspecified atom stereocenters. The molecule has 0 aliphatic carbocycles. The summed E-state index contributed by atoms with van der Waals surface area (Å²) in [6, 6.07) is 1.09. The van der Waals surface area contributed by atoms with E-state index < -0.39 is 5.82 Å². The lowest BCUT2D eigenvalue weighted by Gasteiger charge is -2.16. The molecule has 1 rings (SSSR count). The number of aldehydes is 1. The summed E-state index contributed by atoms with van der Waals surface area (Å²) in [5.41, 5.74) is 0.351. The molecule has 16 heavy (non-hydrogen) atoms. The van der Waals surface area contributed by atoms with Crippen molar-refractivity contribution in [3.05, 3.63) is 21.9 Å². The third kappa shape index (κ3) is 2.35. The maximum atomic E-state index is 13.5. The van der Waals surface area contributed by atoms with E-state index in [1.54, 1.807) is 6.92 Å². The number of benzene rings is 1. The monoisotopic (exact) mass is 290 g/mol. The highest BCUT2D eigenvalue weighted by atomic mass is 79.9. The van der Waals surface area contributed by atoms with Gasteiger partial charge >= 0.3 is 0 Å². The molecular formula is C11H12BrFO3. The van der Waals surface area contributed by atoms with Gasteiger partial charge in [0, 0.05) is 18.1 Å². The molecule has 0 aliphatic heterocycles. The quantitative estimate of drug-likeness (QED) is 0.867. The Balaban J connectivity index is 3.34. The Kier molecular flexibility index (Phi) is 4.29. The number of hydrogen-bond acceptors (Lipinski definition) is 3. The average Bonchev–Trinajstić information content (AvgIpc) is 2.24. The number of halogens is 2. The molecule has 0 bridgehead atoms. The first-order valence-electron chi connectivity index (χ1n) is 4.71. The third-order valence-corrected chi connectivity index (χ3v) is 3.16. The minimum absolute atomic E-state index is 0.0634. The van der Waals surface area contributed by atoms with E-state index in [1.165, 1.54) is 7.11 Å². The lowest BCUT2D eigenvalue weighted by molar-refractivity contribution is -0.108. The van der Waals surface area contributed by atoms with Crippen LogP contribution in [0.25, 0.3) is 0 Å². The van der Waals surface area contributed by atoms with Gasteiger partial charge in [0.25, 0.3) is 0 Å². The Hall–Kier alpha value is -1.10. The fourth-order valence-corrected chi connectivity index (χ4v) is 2.17. The molecule has 1 aromatic carbocycles.